The lowest BCUT2D eigenvalue weighted by molar-refractivity contribution is -0.168. The second-order valence-corrected chi connectivity index (χ2v) is 8.28. The van der Waals surface area contributed by atoms with Gasteiger partial charge in [-0.3, -0.25) is 9.59 Å². The van der Waals surface area contributed by atoms with Gasteiger partial charge in [0.2, 0.25) is 5.91 Å². The summed E-state index contributed by atoms with van der Waals surface area (Å²) in [6.07, 6.45) is 7.58. The van der Waals surface area contributed by atoms with Crippen LogP contribution in [0.15, 0.2) is 12.4 Å². The number of rotatable bonds is 5. The fraction of sp³-hybridized carbons (Fsp3) is 0.722. The van der Waals surface area contributed by atoms with E-state index in [0.29, 0.717) is 19.4 Å². The fourth-order valence-corrected chi connectivity index (χ4v) is 4.01. The van der Waals surface area contributed by atoms with Crippen LogP contribution in [0.1, 0.15) is 51.4 Å². The number of carbonyl (C=O) groups excluding carboxylic acids is 2. The summed E-state index contributed by atoms with van der Waals surface area (Å²) in [6, 6.07) is -0.0686. The molecule has 2 aliphatic carbocycles. The summed E-state index contributed by atoms with van der Waals surface area (Å²) >= 11 is 0. The number of ether oxygens (including phenoxy) is 1. The molecule has 0 N–H and O–H groups in total. The van der Waals surface area contributed by atoms with Crippen molar-refractivity contribution in [3.63, 3.8) is 0 Å². The van der Waals surface area contributed by atoms with E-state index >= 15 is 0 Å². The van der Waals surface area contributed by atoms with Crippen molar-refractivity contribution in [2.24, 2.45) is 16.7 Å². The molecular formula is C18H25N3O3. The van der Waals surface area contributed by atoms with Crippen molar-refractivity contribution in [3.05, 3.63) is 18.2 Å². The minimum atomic E-state index is -0.933. The first-order valence-electron chi connectivity index (χ1n) is 8.79. The average Bonchev–Trinajstić information content (AvgIpc) is 3.44. The second kappa shape index (κ2) is 5.07. The third-order valence-corrected chi connectivity index (χ3v) is 5.77. The number of hydrogen-bond acceptors (Lipinski definition) is 4. The van der Waals surface area contributed by atoms with E-state index in [9.17, 15) is 9.59 Å². The van der Waals surface area contributed by atoms with Crippen molar-refractivity contribution in [1.29, 1.82) is 0 Å². The zero-order valence-electron chi connectivity index (χ0n) is 14.6. The Morgan fingerprint density at radius 2 is 2.04 bits per heavy atom. The highest BCUT2D eigenvalue weighted by molar-refractivity contribution is 6.06. The van der Waals surface area contributed by atoms with E-state index in [1.54, 1.807) is 0 Å². The van der Waals surface area contributed by atoms with Crippen LogP contribution in [0.5, 0.6) is 0 Å². The summed E-state index contributed by atoms with van der Waals surface area (Å²) in [4.78, 5) is 31.5. The Labute approximate surface area is 142 Å². The van der Waals surface area contributed by atoms with Crippen LogP contribution in [0.2, 0.25) is 0 Å². The fourth-order valence-electron chi connectivity index (χ4n) is 4.01. The van der Waals surface area contributed by atoms with Gasteiger partial charge in [-0.1, -0.05) is 13.8 Å². The van der Waals surface area contributed by atoms with E-state index in [1.807, 2.05) is 17.3 Å². The van der Waals surface area contributed by atoms with Gasteiger partial charge in [0.1, 0.15) is 11.2 Å². The predicted octanol–water partition coefficient (Wildman–Crippen LogP) is 2.16. The number of hydrogen-bond donors (Lipinski definition) is 0. The first-order chi connectivity index (χ1) is 11.4. The molecule has 1 unspecified atom stereocenters. The zero-order chi connectivity index (χ0) is 17.1. The van der Waals surface area contributed by atoms with Crippen LogP contribution < -0.4 is 0 Å². The van der Waals surface area contributed by atoms with E-state index < -0.39 is 11.4 Å². The highest BCUT2D eigenvalue weighted by atomic mass is 16.5. The number of amides is 1. The quantitative estimate of drug-likeness (QED) is 0.613. The van der Waals surface area contributed by atoms with Crippen molar-refractivity contribution >= 4 is 11.9 Å². The summed E-state index contributed by atoms with van der Waals surface area (Å²) in [5.74, 6) is 1.22. The van der Waals surface area contributed by atoms with Crippen LogP contribution >= 0.6 is 0 Å². The molecule has 2 saturated carbocycles. The minimum Gasteiger partial charge on any atom is -0.468 e. The predicted molar refractivity (Wildman–Crippen MR) is 86.9 cm³/mol. The minimum absolute atomic E-state index is 0.0332. The molecule has 0 radical (unpaired) electrons. The van der Waals surface area contributed by atoms with Crippen LogP contribution in [-0.2, 0) is 20.9 Å². The normalized spacial score (nSPS) is 26.6. The van der Waals surface area contributed by atoms with Crippen molar-refractivity contribution < 1.29 is 14.3 Å². The SMILES string of the molecule is COC(=O)C1(C(=O)N2CC(C)(C)C2c2nccn2CC2CC2)CC1. The third kappa shape index (κ3) is 2.26. The Bertz CT molecular complexity index is 685. The number of nitrogens with zero attached hydrogens (tertiary/aromatic N) is 3. The molecule has 130 valence electrons. The monoisotopic (exact) mass is 331 g/mol. The number of likely N-dealkylation sites (tertiary alicyclic amines) is 1. The highest BCUT2D eigenvalue weighted by Crippen LogP contribution is 2.55. The molecule has 1 atom stereocenters. The van der Waals surface area contributed by atoms with Gasteiger partial charge < -0.3 is 14.2 Å². The number of esters is 1. The molecule has 3 aliphatic rings. The molecule has 3 fully saturated rings. The van der Waals surface area contributed by atoms with Crippen LogP contribution in [-0.4, -0.2) is 40.0 Å². The Morgan fingerprint density at radius 1 is 1.33 bits per heavy atom. The van der Waals surface area contributed by atoms with Crippen molar-refractivity contribution in [2.45, 2.75) is 52.1 Å². The molecule has 0 bridgehead atoms. The van der Waals surface area contributed by atoms with Gasteiger partial charge in [-0.05, 0) is 31.6 Å². The molecule has 1 aliphatic heterocycles. The lowest BCUT2D eigenvalue weighted by Gasteiger charge is -2.54. The molecule has 1 saturated heterocycles. The van der Waals surface area contributed by atoms with E-state index in [2.05, 4.69) is 23.4 Å². The maximum Gasteiger partial charge on any atom is 0.321 e. The van der Waals surface area contributed by atoms with Crippen molar-refractivity contribution in [2.75, 3.05) is 13.7 Å². The van der Waals surface area contributed by atoms with E-state index in [0.717, 1.165) is 18.3 Å². The molecule has 1 amide bonds. The molecule has 24 heavy (non-hydrogen) atoms. The largest absolute Gasteiger partial charge is 0.468 e. The van der Waals surface area contributed by atoms with Gasteiger partial charge in [-0.15, -0.1) is 0 Å². The van der Waals surface area contributed by atoms with Crippen molar-refractivity contribution in [1.82, 2.24) is 14.5 Å². The zero-order valence-corrected chi connectivity index (χ0v) is 14.6. The van der Waals surface area contributed by atoms with Gasteiger partial charge in [0, 0.05) is 30.9 Å². The lowest BCUT2D eigenvalue weighted by Crippen LogP contribution is -2.61. The molecule has 6 heteroatoms. The molecule has 0 aromatic carbocycles. The van der Waals surface area contributed by atoms with E-state index in [4.69, 9.17) is 4.74 Å². The van der Waals surface area contributed by atoms with Gasteiger partial charge >= 0.3 is 5.97 Å². The number of methoxy groups -OCH3 is 1. The van der Waals surface area contributed by atoms with Crippen LogP contribution in [0.25, 0.3) is 0 Å². The topological polar surface area (TPSA) is 64.4 Å². The Balaban J connectivity index is 1.60. The highest BCUT2D eigenvalue weighted by Gasteiger charge is 2.64. The molecule has 1 aromatic heterocycles. The van der Waals surface area contributed by atoms with Gasteiger partial charge in [0.15, 0.2) is 0 Å². The summed E-state index contributed by atoms with van der Waals surface area (Å²) in [7, 11) is 1.36. The molecule has 6 nitrogen and oxygen atoms in total. The van der Waals surface area contributed by atoms with Gasteiger partial charge in [0.25, 0.3) is 0 Å². The molecule has 4 rings (SSSR count). The third-order valence-electron chi connectivity index (χ3n) is 5.77. The summed E-state index contributed by atoms with van der Waals surface area (Å²) in [5, 5.41) is 0. The molecule has 0 spiro atoms. The van der Waals surface area contributed by atoms with Crippen LogP contribution in [0.3, 0.4) is 0 Å². The van der Waals surface area contributed by atoms with Gasteiger partial charge in [-0.25, -0.2) is 4.98 Å². The lowest BCUT2D eigenvalue weighted by atomic mass is 9.73. The van der Waals surface area contributed by atoms with E-state index in [-0.39, 0.29) is 17.4 Å². The first kappa shape index (κ1) is 15.7. The maximum atomic E-state index is 13.0. The summed E-state index contributed by atoms with van der Waals surface area (Å²) < 4.78 is 7.07. The van der Waals surface area contributed by atoms with Crippen LogP contribution in [0, 0.1) is 16.7 Å². The molecular weight excluding hydrogens is 306 g/mol. The second-order valence-electron chi connectivity index (χ2n) is 8.28. The maximum absolute atomic E-state index is 13.0. The standard InChI is InChI=1S/C18H25N3O3/c1-17(2)11-21(15(22)18(6-7-18)16(23)24-3)13(17)14-19-8-9-20(14)10-12-4-5-12/h8-9,12-13H,4-7,10-11H2,1-3H3. The number of imidazole rings is 1. The summed E-state index contributed by atoms with van der Waals surface area (Å²) in [5.41, 5.74) is -0.966. The Hall–Kier alpha value is -1.85. The molecule has 2 heterocycles. The Morgan fingerprint density at radius 3 is 2.58 bits per heavy atom. The van der Waals surface area contributed by atoms with Gasteiger partial charge in [-0.2, -0.15) is 0 Å². The van der Waals surface area contributed by atoms with Crippen molar-refractivity contribution in [3.8, 4) is 0 Å². The smallest absolute Gasteiger partial charge is 0.321 e. The van der Waals surface area contributed by atoms with Gasteiger partial charge in [0.05, 0.1) is 13.2 Å². The number of carbonyl (C=O) groups is 2. The van der Waals surface area contributed by atoms with Crippen LogP contribution in [0.4, 0.5) is 0 Å². The number of aromatic nitrogens is 2. The average molecular weight is 331 g/mol. The first-order valence-corrected chi connectivity index (χ1v) is 8.79. The summed E-state index contributed by atoms with van der Waals surface area (Å²) in [6.45, 7) is 5.96. The molecule has 1 aromatic rings. The van der Waals surface area contributed by atoms with E-state index in [1.165, 1.54) is 20.0 Å². The Kier molecular flexibility index (Phi) is 3.31.